The second-order valence-electron chi connectivity index (χ2n) is 5.08. The maximum Gasteiger partial charge on any atom is 0.242 e. The topological polar surface area (TPSA) is 81.9 Å². The lowest BCUT2D eigenvalue weighted by molar-refractivity contribution is -0.123. The number of nitrogens with one attached hydrogen (secondary N) is 1. The van der Waals surface area contributed by atoms with Gasteiger partial charge in [-0.15, -0.1) is 5.10 Å². The standard InChI is InChI=1S/C14H17N5O2/c20-14(9-19-10-15-17-18-19)16-12-7-4-8-13(12)21-11-5-2-1-3-6-11/h1-3,5-6,10,12-13H,4,7-9H2,(H,16,20)/t12-,13+/m1/s1. The van der Waals surface area contributed by atoms with Crippen LogP contribution in [0.1, 0.15) is 19.3 Å². The number of hydrogen-bond donors (Lipinski definition) is 1. The molecule has 1 aliphatic rings. The summed E-state index contributed by atoms with van der Waals surface area (Å²) in [6, 6.07) is 9.73. The lowest BCUT2D eigenvalue weighted by atomic mass is 10.2. The molecule has 2 atom stereocenters. The number of hydrogen-bond acceptors (Lipinski definition) is 5. The van der Waals surface area contributed by atoms with E-state index in [0.717, 1.165) is 25.0 Å². The molecule has 110 valence electrons. The molecule has 1 aliphatic carbocycles. The first kappa shape index (κ1) is 13.5. The summed E-state index contributed by atoms with van der Waals surface area (Å²) in [5.41, 5.74) is 0. The summed E-state index contributed by atoms with van der Waals surface area (Å²) in [5.74, 6) is 0.736. The Balaban J connectivity index is 1.55. The molecule has 3 rings (SSSR count). The highest BCUT2D eigenvalue weighted by molar-refractivity contribution is 5.76. The maximum atomic E-state index is 12.0. The third-order valence-corrected chi connectivity index (χ3v) is 3.53. The number of tetrazole rings is 1. The number of benzene rings is 1. The zero-order chi connectivity index (χ0) is 14.5. The highest BCUT2D eigenvalue weighted by Gasteiger charge is 2.30. The molecule has 0 bridgehead atoms. The van der Waals surface area contributed by atoms with Gasteiger partial charge in [0.2, 0.25) is 5.91 Å². The van der Waals surface area contributed by atoms with Gasteiger partial charge in [-0.1, -0.05) is 18.2 Å². The van der Waals surface area contributed by atoms with E-state index in [4.69, 9.17) is 4.74 Å². The third kappa shape index (κ3) is 3.56. The summed E-state index contributed by atoms with van der Waals surface area (Å²) < 4.78 is 7.36. The molecule has 1 N–H and O–H groups in total. The van der Waals surface area contributed by atoms with Crippen molar-refractivity contribution in [2.75, 3.05) is 0 Å². The Morgan fingerprint density at radius 2 is 2.19 bits per heavy atom. The average molecular weight is 287 g/mol. The van der Waals surface area contributed by atoms with E-state index in [1.807, 2.05) is 30.3 Å². The Kier molecular flexibility index (Phi) is 4.09. The Hall–Kier alpha value is -2.44. The van der Waals surface area contributed by atoms with Crippen LogP contribution < -0.4 is 10.1 Å². The number of amides is 1. The van der Waals surface area contributed by atoms with Crippen LogP contribution in [0.15, 0.2) is 36.7 Å². The van der Waals surface area contributed by atoms with Crippen molar-refractivity contribution in [1.82, 2.24) is 25.5 Å². The SMILES string of the molecule is O=C(Cn1cnnn1)N[C@@H]1CCC[C@@H]1Oc1ccccc1. The number of aromatic nitrogens is 4. The lowest BCUT2D eigenvalue weighted by Gasteiger charge is -2.22. The van der Waals surface area contributed by atoms with Gasteiger partial charge in [0.25, 0.3) is 0 Å². The molecule has 1 amide bonds. The largest absolute Gasteiger partial charge is 0.488 e. The highest BCUT2D eigenvalue weighted by atomic mass is 16.5. The average Bonchev–Trinajstić information content (AvgIpc) is 3.13. The van der Waals surface area contributed by atoms with Crippen LogP contribution in [0, 0.1) is 0 Å². The Morgan fingerprint density at radius 1 is 1.33 bits per heavy atom. The van der Waals surface area contributed by atoms with Gasteiger partial charge in [-0.25, -0.2) is 4.68 Å². The monoisotopic (exact) mass is 287 g/mol. The first-order chi connectivity index (χ1) is 10.3. The fourth-order valence-corrected chi connectivity index (χ4v) is 2.56. The van der Waals surface area contributed by atoms with Crippen molar-refractivity contribution in [2.45, 2.75) is 38.0 Å². The van der Waals surface area contributed by atoms with Gasteiger partial charge in [-0.2, -0.15) is 0 Å². The van der Waals surface area contributed by atoms with Crippen molar-refractivity contribution in [2.24, 2.45) is 0 Å². The molecule has 0 radical (unpaired) electrons. The lowest BCUT2D eigenvalue weighted by Crippen LogP contribution is -2.43. The third-order valence-electron chi connectivity index (χ3n) is 3.53. The number of para-hydroxylation sites is 1. The predicted molar refractivity (Wildman–Crippen MR) is 74.5 cm³/mol. The predicted octanol–water partition coefficient (Wildman–Crippen LogP) is 0.789. The number of rotatable bonds is 5. The summed E-state index contributed by atoms with van der Waals surface area (Å²) in [4.78, 5) is 12.0. The van der Waals surface area contributed by atoms with Crippen molar-refractivity contribution in [3.8, 4) is 5.75 Å². The Labute approximate surface area is 122 Å². The molecular formula is C14H17N5O2. The summed E-state index contributed by atoms with van der Waals surface area (Å²) in [6.45, 7) is 0.127. The van der Waals surface area contributed by atoms with E-state index in [1.165, 1.54) is 11.0 Å². The zero-order valence-electron chi connectivity index (χ0n) is 11.6. The first-order valence-electron chi connectivity index (χ1n) is 7.03. The van der Waals surface area contributed by atoms with Crippen LogP contribution in [0.25, 0.3) is 0 Å². The zero-order valence-corrected chi connectivity index (χ0v) is 11.6. The fourth-order valence-electron chi connectivity index (χ4n) is 2.56. The summed E-state index contributed by atoms with van der Waals surface area (Å²) in [7, 11) is 0. The van der Waals surface area contributed by atoms with Crippen LogP contribution in [0.3, 0.4) is 0 Å². The second-order valence-corrected chi connectivity index (χ2v) is 5.08. The summed E-state index contributed by atoms with van der Waals surface area (Å²) >= 11 is 0. The van der Waals surface area contributed by atoms with E-state index in [-0.39, 0.29) is 24.6 Å². The molecule has 0 saturated heterocycles. The summed E-state index contributed by atoms with van der Waals surface area (Å²) in [5, 5.41) is 13.7. The molecule has 0 aliphatic heterocycles. The molecule has 1 aromatic heterocycles. The van der Waals surface area contributed by atoms with Gasteiger partial charge in [0.15, 0.2) is 0 Å². The molecule has 0 spiro atoms. The van der Waals surface area contributed by atoms with E-state index >= 15 is 0 Å². The molecule has 1 aromatic carbocycles. The summed E-state index contributed by atoms with van der Waals surface area (Å²) in [6.07, 6.45) is 4.37. The van der Waals surface area contributed by atoms with Crippen molar-refractivity contribution < 1.29 is 9.53 Å². The second kappa shape index (κ2) is 6.34. The van der Waals surface area contributed by atoms with Gasteiger partial charge < -0.3 is 10.1 Å². The fraction of sp³-hybridized carbons (Fsp3) is 0.429. The number of nitrogens with zero attached hydrogens (tertiary/aromatic N) is 4. The van der Waals surface area contributed by atoms with E-state index in [9.17, 15) is 4.79 Å². The molecule has 1 heterocycles. The van der Waals surface area contributed by atoms with Gasteiger partial charge in [0.05, 0.1) is 6.04 Å². The van der Waals surface area contributed by atoms with Gasteiger partial charge in [-0.3, -0.25) is 4.79 Å². The smallest absolute Gasteiger partial charge is 0.242 e. The van der Waals surface area contributed by atoms with E-state index < -0.39 is 0 Å². The van der Waals surface area contributed by atoms with Crippen molar-refractivity contribution in [1.29, 1.82) is 0 Å². The molecule has 7 nitrogen and oxygen atoms in total. The van der Waals surface area contributed by atoms with Crippen LogP contribution in [0.2, 0.25) is 0 Å². The number of ether oxygens (including phenoxy) is 1. The van der Waals surface area contributed by atoms with Crippen molar-refractivity contribution >= 4 is 5.91 Å². The van der Waals surface area contributed by atoms with Crippen LogP contribution in [-0.2, 0) is 11.3 Å². The number of carbonyl (C=O) groups is 1. The normalized spacial score (nSPS) is 21.1. The van der Waals surface area contributed by atoms with Crippen LogP contribution in [0.5, 0.6) is 5.75 Å². The van der Waals surface area contributed by atoms with E-state index in [0.29, 0.717) is 0 Å². The minimum Gasteiger partial charge on any atom is -0.488 e. The van der Waals surface area contributed by atoms with Gasteiger partial charge in [0.1, 0.15) is 24.7 Å². The molecule has 21 heavy (non-hydrogen) atoms. The van der Waals surface area contributed by atoms with E-state index in [1.54, 1.807) is 0 Å². The Morgan fingerprint density at radius 3 is 2.95 bits per heavy atom. The van der Waals surface area contributed by atoms with Crippen LogP contribution in [0.4, 0.5) is 0 Å². The molecule has 1 fully saturated rings. The van der Waals surface area contributed by atoms with Crippen molar-refractivity contribution in [3.05, 3.63) is 36.7 Å². The molecular weight excluding hydrogens is 270 g/mol. The van der Waals surface area contributed by atoms with Gasteiger partial charge in [-0.05, 0) is 41.8 Å². The van der Waals surface area contributed by atoms with Crippen LogP contribution in [-0.4, -0.2) is 38.3 Å². The quantitative estimate of drug-likeness (QED) is 0.879. The minimum absolute atomic E-state index is 0.0187. The molecule has 0 unspecified atom stereocenters. The molecule has 2 aromatic rings. The van der Waals surface area contributed by atoms with Crippen LogP contribution >= 0.6 is 0 Å². The Bertz CT molecular complexity index is 572. The maximum absolute atomic E-state index is 12.0. The number of carbonyl (C=O) groups excluding carboxylic acids is 1. The minimum atomic E-state index is -0.101. The van der Waals surface area contributed by atoms with Gasteiger partial charge in [0, 0.05) is 0 Å². The highest BCUT2D eigenvalue weighted by Crippen LogP contribution is 2.24. The van der Waals surface area contributed by atoms with Crippen molar-refractivity contribution in [3.63, 3.8) is 0 Å². The van der Waals surface area contributed by atoms with Gasteiger partial charge >= 0.3 is 0 Å². The van der Waals surface area contributed by atoms with E-state index in [2.05, 4.69) is 20.8 Å². The first-order valence-corrected chi connectivity index (χ1v) is 7.03. The molecule has 1 saturated carbocycles. The molecule has 7 heteroatoms.